The summed E-state index contributed by atoms with van der Waals surface area (Å²) in [6.45, 7) is 6.48. The van der Waals surface area contributed by atoms with Crippen LogP contribution in [-0.4, -0.2) is 31.7 Å². The topological polar surface area (TPSA) is 50.8 Å². The highest BCUT2D eigenvalue weighted by molar-refractivity contribution is 5.95. The molecule has 0 aliphatic carbocycles. The monoisotopic (exact) mass is 486 g/mol. The lowest BCUT2D eigenvalue weighted by Gasteiger charge is -2.27. The molecular weight excluding hydrogens is 448 g/mol. The number of hydrogen-bond donors (Lipinski definition) is 1. The van der Waals surface area contributed by atoms with Crippen LogP contribution in [0.15, 0.2) is 72.8 Å². The Bertz CT molecular complexity index is 1110. The van der Waals surface area contributed by atoms with Gasteiger partial charge < -0.3 is 19.7 Å². The van der Waals surface area contributed by atoms with Gasteiger partial charge in [0.1, 0.15) is 11.5 Å². The van der Waals surface area contributed by atoms with Crippen LogP contribution >= 0.6 is 0 Å². The molecule has 4 rings (SSSR count). The summed E-state index contributed by atoms with van der Waals surface area (Å²) in [6, 6.07) is 24.2. The van der Waals surface area contributed by atoms with Gasteiger partial charge in [0.25, 0.3) is 5.91 Å². The third-order valence-corrected chi connectivity index (χ3v) is 6.37. The van der Waals surface area contributed by atoms with E-state index in [0.717, 1.165) is 47.5 Å². The molecule has 0 fully saturated rings. The predicted octanol–water partition coefficient (Wildman–Crippen LogP) is 6.61. The Labute approximate surface area is 215 Å². The van der Waals surface area contributed by atoms with E-state index in [2.05, 4.69) is 35.6 Å². The summed E-state index contributed by atoms with van der Waals surface area (Å²) >= 11 is 0. The van der Waals surface area contributed by atoms with Crippen molar-refractivity contribution in [1.82, 2.24) is 5.32 Å². The number of amides is 1. The van der Waals surface area contributed by atoms with Gasteiger partial charge in [0.15, 0.2) is 6.61 Å². The standard InChI is InChI=1S/C31H38N2O3/c1-24(2)36-29-15-11-12-25(21-29)26-16-17-30-27(20-26)22-32-18-9-4-3-5-10-19-33(30)31(34)23-35-28-13-7-6-8-14-28/h6-8,11-17,20-21,24,32H,3-5,9-10,18-19,22-23H2,1-2H3. The zero-order valence-electron chi connectivity index (χ0n) is 21.5. The molecule has 0 atom stereocenters. The van der Waals surface area contributed by atoms with Crippen LogP contribution < -0.4 is 19.7 Å². The fourth-order valence-corrected chi connectivity index (χ4v) is 4.58. The minimum Gasteiger partial charge on any atom is -0.491 e. The molecule has 1 aliphatic rings. The average Bonchev–Trinajstić information content (AvgIpc) is 2.88. The molecule has 0 spiro atoms. The maximum Gasteiger partial charge on any atom is 0.264 e. The molecular formula is C31H38N2O3. The third-order valence-electron chi connectivity index (χ3n) is 6.37. The number of fused-ring (bicyclic) bond motifs is 1. The Morgan fingerprint density at radius 2 is 1.61 bits per heavy atom. The van der Waals surface area contributed by atoms with Gasteiger partial charge in [-0.2, -0.15) is 0 Å². The molecule has 1 heterocycles. The van der Waals surface area contributed by atoms with E-state index in [1.54, 1.807) is 0 Å². The van der Waals surface area contributed by atoms with Crippen LogP contribution in [0.3, 0.4) is 0 Å². The van der Waals surface area contributed by atoms with Crippen LogP contribution in [0.2, 0.25) is 0 Å². The van der Waals surface area contributed by atoms with E-state index in [-0.39, 0.29) is 18.6 Å². The largest absolute Gasteiger partial charge is 0.491 e. The van der Waals surface area contributed by atoms with Crippen molar-refractivity contribution in [3.05, 3.63) is 78.4 Å². The number of carbonyl (C=O) groups excluding carboxylic acids is 1. The zero-order chi connectivity index (χ0) is 25.2. The highest BCUT2D eigenvalue weighted by Gasteiger charge is 2.20. The molecule has 36 heavy (non-hydrogen) atoms. The SMILES string of the molecule is CC(C)Oc1cccc(-c2ccc3c(c2)CNCCCCCCCN3C(=O)COc2ccccc2)c1. The summed E-state index contributed by atoms with van der Waals surface area (Å²) in [5.41, 5.74) is 4.30. The molecule has 5 heteroatoms. The van der Waals surface area contributed by atoms with Crippen LogP contribution in [-0.2, 0) is 11.3 Å². The van der Waals surface area contributed by atoms with E-state index < -0.39 is 0 Å². The first-order valence-electron chi connectivity index (χ1n) is 13.2. The Morgan fingerprint density at radius 1 is 0.861 bits per heavy atom. The van der Waals surface area contributed by atoms with Gasteiger partial charge in [-0.3, -0.25) is 4.79 Å². The van der Waals surface area contributed by atoms with Crippen LogP contribution in [0.4, 0.5) is 5.69 Å². The number of para-hydroxylation sites is 1. The molecule has 0 radical (unpaired) electrons. The quantitative estimate of drug-likeness (QED) is 0.426. The molecule has 1 amide bonds. The maximum atomic E-state index is 13.4. The fraction of sp³-hybridized carbons (Fsp3) is 0.387. The van der Waals surface area contributed by atoms with Gasteiger partial charge in [-0.15, -0.1) is 0 Å². The van der Waals surface area contributed by atoms with Crippen molar-refractivity contribution in [2.45, 2.75) is 58.6 Å². The Hall–Kier alpha value is -3.31. The van der Waals surface area contributed by atoms with Gasteiger partial charge in [0, 0.05) is 18.8 Å². The number of rotatable bonds is 6. The number of ether oxygens (including phenoxy) is 2. The number of hydrogen-bond acceptors (Lipinski definition) is 4. The van der Waals surface area contributed by atoms with Gasteiger partial charge in [0.2, 0.25) is 0 Å². The van der Waals surface area contributed by atoms with Crippen LogP contribution in [0.25, 0.3) is 11.1 Å². The number of nitrogens with zero attached hydrogens (tertiary/aromatic N) is 1. The maximum absolute atomic E-state index is 13.4. The van der Waals surface area contributed by atoms with E-state index >= 15 is 0 Å². The van der Waals surface area contributed by atoms with Gasteiger partial charge >= 0.3 is 0 Å². The number of benzene rings is 3. The summed E-state index contributed by atoms with van der Waals surface area (Å²) in [4.78, 5) is 15.3. The minimum atomic E-state index is -0.0164. The van der Waals surface area contributed by atoms with Crippen molar-refractivity contribution in [3.63, 3.8) is 0 Å². The molecule has 0 saturated heterocycles. The highest BCUT2D eigenvalue weighted by Crippen LogP contribution is 2.31. The summed E-state index contributed by atoms with van der Waals surface area (Å²) in [5.74, 6) is 1.56. The van der Waals surface area contributed by atoms with E-state index in [4.69, 9.17) is 9.47 Å². The fourth-order valence-electron chi connectivity index (χ4n) is 4.58. The smallest absolute Gasteiger partial charge is 0.264 e. The molecule has 3 aromatic rings. The molecule has 0 saturated carbocycles. The Kier molecular flexibility index (Phi) is 9.40. The number of nitrogens with one attached hydrogen (secondary N) is 1. The Balaban J connectivity index is 1.62. The summed E-state index contributed by atoms with van der Waals surface area (Å²) in [7, 11) is 0. The zero-order valence-corrected chi connectivity index (χ0v) is 21.5. The lowest BCUT2D eigenvalue weighted by Crippen LogP contribution is -2.37. The molecule has 0 bridgehead atoms. The van der Waals surface area contributed by atoms with Crippen LogP contribution in [0.1, 0.15) is 51.5 Å². The minimum absolute atomic E-state index is 0.0164. The number of anilines is 1. The second kappa shape index (κ2) is 13.1. The highest BCUT2D eigenvalue weighted by atomic mass is 16.5. The lowest BCUT2D eigenvalue weighted by atomic mass is 10.00. The lowest BCUT2D eigenvalue weighted by molar-refractivity contribution is -0.120. The summed E-state index contributed by atoms with van der Waals surface area (Å²) in [5, 5.41) is 3.60. The first kappa shape index (κ1) is 25.8. The first-order valence-corrected chi connectivity index (χ1v) is 13.2. The normalized spacial score (nSPS) is 14.9. The number of carbonyl (C=O) groups is 1. The molecule has 0 unspecified atom stereocenters. The second-order valence-corrected chi connectivity index (χ2v) is 9.63. The van der Waals surface area contributed by atoms with Crippen molar-refractivity contribution in [2.75, 3.05) is 24.6 Å². The van der Waals surface area contributed by atoms with Gasteiger partial charge in [-0.05, 0) is 86.3 Å². The van der Waals surface area contributed by atoms with Crippen LogP contribution in [0, 0.1) is 0 Å². The third kappa shape index (κ3) is 7.34. The van der Waals surface area contributed by atoms with Crippen LogP contribution in [0.5, 0.6) is 11.5 Å². The molecule has 1 aliphatic heterocycles. The molecule has 190 valence electrons. The van der Waals surface area contributed by atoms with Gasteiger partial charge in [0.05, 0.1) is 6.10 Å². The van der Waals surface area contributed by atoms with E-state index in [0.29, 0.717) is 18.8 Å². The van der Waals surface area contributed by atoms with E-state index in [1.807, 2.05) is 61.2 Å². The summed E-state index contributed by atoms with van der Waals surface area (Å²) in [6.07, 6.45) is 5.83. The predicted molar refractivity (Wildman–Crippen MR) is 147 cm³/mol. The van der Waals surface area contributed by atoms with Gasteiger partial charge in [-0.1, -0.05) is 55.7 Å². The van der Waals surface area contributed by atoms with Gasteiger partial charge in [-0.25, -0.2) is 0 Å². The van der Waals surface area contributed by atoms with E-state index in [9.17, 15) is 4.79 Å². The molecule has 1 N–H and O–H groups in total. The van der Waals surface area contributed by atoms with Crippen molar-refractivity contribution < 1.29 is 14.3 Å². The second-order valence-electron chi connectivity index (χ2n) is 9.63. The Morgan fingerprint density at radius 3 is 2.44 bits per heavy atom. The van der Waals surface area contributed by atoms with Crippen molar-refractivity contribution in [3.8, 4) is 22.6 Å². The van der Waals surface area contributed by atoms with E-state index in [1.165, 1.54) is 19.3 Å². The molecule has 0 aromatic heterocycles. The van der Waals surface area contributed by atoms with Crippen molar-refractivity contribution in [1.29, 1.82) is 0 Å². The average molecular weight is 487 g/mol. The first-order chi connectivity index (χ1) is 17.6. The summed E-state index contributed by atoms with van der Waals surface area (Å²) < 4.78 is 11.7. The van der Waals surface area contributed by atoms with Crippen molar-refractivity contribution >= 4 is 11.6 Å². The molecule has 3 aromatic carbocycles. The molecule has 5 nitrogen and oxygen atoms in total. The van der Waals surface area contributed by atoms with Crippen molar-refractivity contribution in [2.24, 2.45) is 0 Å².